The maximum atomic E-state index is 13.9. The van der Waals surface area contributed by atoms with Crippen LogP contribution in [0.2, 0.25) is 0 Å². The van der Waals surface area contributed by atoms with Crippen LogP contribution in [0.25, 0.3) is 0 Å². The van der Waals surface area contributed by atoms with E-state index in [1.54, 1.807) is 14.2 Å². The summed E-state index contributed by atoms with van der Waals surface area (Å²) in [6.45, 7) is 0.661. The van der Waals surface area contributed by atoms with E-state index in [0.29, 0.717) is 0 Å². The molecule has 0 saturated heterocycles. The van der Waals surface area contributed by atoms with Gasteiger partial charge in [0.05, 0.1) is 10.8 Å². The van der Waals surface area contributed by atoms with E-state index in [-0.39, 0.29) is 6.42 Å². The van der Waals surface area contributed by atoms with Crippen molar-refractivity contribution in [2.45, 2.75) is 196 Å². The van der Waals surface area contributed by atoms with Crippen molar-refractivity contribution < 1.29 is 292 Å². The molecule has 610 valence electrons. The van der Waals surface area contributed by atoms with Gasteiger partial charge in [-0.2, -0.15) is 140 Å². The van der Waals surface area contributed by atoms with Crippen molar-refractivity contribution in [3.8, 4) is 0 Å². The summed E-state index contributed by atoms with van der Waals surface area (Å²) in [5.41, 5.74) is -3.48. The zero-order valence-corrected chi connectivity index (χ0v) is 47.5. The van der Waals surface area contributed by atoms with Crippen molar-refractivity contribution in [1.82, 2.24) is 0 Å². The van der Waals surface area contributed by atoms with E-state index in [4.69, 9.17) is 0 Å². The van der Waals surface area contributed by atoms with Crippen LogP contribution in [0.15, 0.2) is 0 Å². The molecule has 0 amide bonds. The molecule has 0 rings (SSSR count). The molecule has 0 aliphatic heterocycles. The molecule has 0 aromatic carbocycles. The summed E-state index contributed by atoms with van der Waals surface area (Å²) in [7, 11) is 0. The number of ether oxygens (including phenoxy) is 17. The minimum atomic E-state index is -8.84. The minimum Gasteiger partial charge on any atom is -0.458 e. The third-order valence-corrected chi connectivity index (χ3v) is 9.94. The molecule has 19 nitrogen and oxygen atoms in total. The second-order valence-electron chi connectivity index (χ2n) is 18.9. The van der Waals surface area contributed by atoms with Gasteiger partial charge in [-0.1, -0.05) is 13.8 Å². The molecular formula is C37H26F46O19. The van der Waals surface area contributed by atoms with Gasteiger partial charge in [-0.3, -0.25) is 14.3 Å². The molecular weight excluding hydrogens is 1620 g/mol. The molecule has 0 bridgehead atoms. The van der Waals surface area contributed by atoms with Crippen LogP contribution in [0.3, 0.4) is 0 Å². The Labute approximate surface area is 525 Å². The van der Waals surface area contributed by atoms with Gasteiger partial charge in [-0.05, 0) is 40.5 Å². The van der Waals surface area contributed by atoms with Gasteiger partial charge in [0.15, 0.2) is 6.61 Å². The van der Waals surface area contributed by atoms with Crippen LogP contribution in [-0.2, 0) is 90.1 Å². The molecule has 0 aromatic rings. The number of carbonyl (C=O) groups excluding carboxylic acids is 2. The highest BCUT2D eigenvalue weighted by Gasteiger charge is 2.83. The van der Waals surface area contributed by atoms with Crippen LogP contribution >= 0.6 is 0 Å². The van der Waals surface area contributed by atoms with Crippen molar-refractivity contribution in [2.24, 2.45) is 10.8 Å². The molecule has 0 aliphatic rings. The number of alkyl halides is 46. The summed E-state index contributed by atoms with van der Waals surface area (Å²) < 4.78 is 664. The lowest BCUT2D eigenvalue weighted by Gasteiger charge is -2.37. The molecule has 0 N–H and O–H groups in total. The van der Waals surface area contributed by atoms with Gasteiger partial charge in [-0.15, -0.1) is 61.5 Å². The zero-order chi connectivity index (χ0) is 82.5. The SMILES string of the molecule is CCC(C)(C)C(=O)OCOC(F)(F)OC(F)(F)OC(F)(F)OC(F)(F)OC(F)(F)OC(F)(F)OC(F)(F)OC(F)(F)C(F)(F)OC(F)(F)C(F)(F)OC(F)(F)C(F)(F)OC(F)(F)C(F)(F)OC(F)(F)C(F)(F)OC(F)(F)C(F)(F)OC(F)(F)C(F)(F)OC(F)(F)C(F)(F)COC(=O)C(C)(C)CC. The van der Waals surface area contributed by atoms with E-state index in [2.05, 4.69) is 18.9 Å². The Bertz CT molecular complexity index is 2800. The van der Waals surface area contributed by atoms with Crippen molar-refractivity contribution in [3.63, 3.8) is 0 Å². The van der Waals surface area contributed by atoms with Gasteiger partial charge in [0.25, 0.3) is 0 Å². The molecule has 65 heteroatoms. The highest BCUT2D eigenvalue weighted by molar-refractivity contribution is 5.76. The van der Waals surface area contributed by atoms with Gasteiger partial charge in [0.1, 0.15) is 0 Å². The zero-order valence-electron chi connectivity index (χ0n) is 47.5. The van der Waals surface area contributed by atoms with Gasteiger partial charge >= 0.3 is 154 Å². The van der Waals surface area contributed by atoms with E-state index in [9.17, 15) is 212 Å². The number of hydrogen-bond acceptors (Lipinski definition) is 19. The summed E-state index contributed by atoms with van der Waals surface area (Å²) in [5.74, 6) is -10.00. The van der Waals surface area contributed by atoms with Gasteiger partial charge in [0.2, 0.25) is 6.79 Å². The molecule has 0 aromatic heterocycles. The Kier molecular flexibility index (Phi) is 28.0. The molecule has 0 heterocycles. The smallest absolute Gasteiger partial charge is 0.458 e. The average molecular weight is 1650 g/mol. The molecule has 0 unspecified atom stereocenters. The molecule has 0 fully saturated rings. The fraction of sp³-hybridized carbons (Fsp3) is 0.946. The van der Waals surface area contributed by atoms with Crippen LogP contribution in [0.1, 0.15) is 54.4 Å². The van der Waals surface area contributed by atoms with Crippen LogP contribution in [-0.4, -0.2) is 167 Å². The van der Waals surface area contributed by atoms with Gasteiger partial charge in [-0.25, -0.2) is 66.3 Å². The summed E-state index contributed by atoms with van der Waals surface area (Å²) in [6, 6.07) is 0. The molecule has 0 saturated carbocycles. The van der Waals surface area contributed by atoms with E-state index in [1.165, 1.54) is 25.9 Å². The van der Waals surface area contributed by atoms with Crippen LogP contribution < -0.4 is 0 Å². The lowest BCUT2D eigenvalue weighted by molar-refractivity contribution is -0.647. The Morgan fingerprint density at radius 2 is 0.373 bits per heavy atom. The van der Waals surface area contributed by atoms with E-state index in [0.717, 1.165) is 58.3 Å². The molecule has 102 heavy (non-hydrogen) atoms. The van der Waals surface area contributed by atoms with Crippen LogP contribution in [0, 0.1) is 10.8 Å². The van der Waals surface area contributed by atoms with Gasteiger partial charge in [0, 0.05) is 0 Å². The first-order valence-electron chi connectivity index (χ1n) is 23.3. The number of carbonyl (C=O) groups is 2. The van der Waals surface area contributed by atoms with Crippen LogP contribution in [0.5, 0.6) is 0 Å². The third-order valence-electron chi connectivity index (χ3n) is 9.94. The first-order valence-corrected chi connectivity index (χ1v) is 23.3. The second kappa shape index (κ2) is 29.4. The predicted octanol–water partition coefficient (Wildman–Crippen LogP) is 16.5. The highest BCUT2D eigenvalue weighted by Crippen LogP contribution is 2.57. The number of halogens is 46. The fourth-order valence-corrected chi connectivity index (χ4v) is 4.24. The maximum Gasteiger partial charge on any atom is 0.498 e. The molecule has 0 aliphatic carbocycles. The molecule has 0 spiro atoms. The molecule has 0 radical (unpaired) electrons. The standard InChI is InChI=1S/C37H26F46O19/c1-7-13(3,4)11(84)86-9-15(38,39)16(40,41)89-17(42,43)18(44,45)90-19(46,47)20(48,49)91-21(50,51)22(52,53)92-23(54,55)24(56,57)93-25(58,59)26(60,61)94-27(62,63)28(64,65)95-29(66,67)30(68,69)96-32(72,73)98-34(76,77)100-36(80,81)102-37(82,83)101-35(78,79)99-33(74,75)97-31(70,71)88-10-87-12(85)14(5,6)8-2/h7-10H2,1-6H3. The highest BCUT2D eigenvalue weighted by atomic mass is 19.4. The summed E-state index contributed by atoms with van der Waals surface area (Å²) >= 11 is 0. The Balaban J connectivity index is 6.44. The van der Waals surface area contributed by atoms with Crippen molar-refractivity contribution in [2.75, 3.05) is 13.4 Å². The monoisotopic (exact) mass is 1650 g/mol. The molecule has 0 atom stereocenters. The fourth-order valence-electron chi connectivity index (χ4n) is 4.24. The number of hydrogen-bond donors (Lipinski definition) is 0. The number of esters is 2. The maximum absolute atomic E-state index is 13.9. The Morgan fingerprint density at radius 1 is 0.216 bits per heavy atom. The van der Waals surface area contributed by atoms with Crippen LogP contribution in [0.4, 0.5) is 202 Å². The predicted molar refractivity (Wildman–Crippen MR) is 200 cm³/mol. The first-order chi connectivity index (χ1) is 43.8. The summed E-state index contributed by atoms with van der Waals surface area (Å²) in [4.78, 5) is 23.3. The van der Waals surface area contributed by atoms with E-state index < -0.39 is 184 Å². The average Bonchev–Trinajstić information content (AvgIpc) is 0.750. The Hall–Kier alpha value is -4.88. The topological polar surface area (TPSA) is 191 Å². The van der Waals surface area contributed by atoms with Crippen molar-refractivity contribution in [1.29, 1.82) is 0 Å². The van der Waals surface area contributed by atoms with E-state index in [1.807, 2.05) is 4.74 Å². The Morgan fingerprint density at radius 3 is 0.569 bits per heavy atom. The third kappa shape index (κ3) is 25.4. The number of rotatable bonds is 45. The quantitative estimate of drug-likeness (QED) is 0.0317. The second-order valence-corrected chi connectivity index (χ2v) is 18.9. The lowest BCUT2D eigenvalue weighted by atomic mass is 9.91. The summed E-state index contributed by atoms with van der Waals surface area (Å²) in [5, 5.41) is 0. The summed E-state index contributed by atoms with van der Waals surface area (Å²) in [6.07, 6.45) is -180. The van der Waals surface area contributed by atoms with Crippen molar-refractivity contribution >= 4 is 11.9 Å². The normalized spacial score (nSPS) is 16.1. The van der Waals surface area contributed by atoms with Crippen molar-refractivity contribution in [3.05, 3.63) is 0 Å². The van der Waals surface area contributed by atoms with E-state index >= 15 is 0 Å². The first kappa shape index (κ1) is 97.1. The lowest BCUT2D eigenvalue weighted by Crippen LogP contribution is -2.63. The van der Waals surface area contributed by atoms with Gasteiger partial charge < -0.3 is 9.47 Å². The minimum absolute atomic E-state index is 0.144. The largest absolute Gasteiger partial charge is 0.498 e.